The summed E-state index contributed by atoms with van der Waals surface area (Å²) in [4.78, 5) is 23.8. The predicted octanol–water partition coefficient (Wildman–Crippen LogP) is 6.02. The molecular formula is C31H30FNO4. The largest absolute Gasteiger partial charge is 0.481 e. The number of aliphatic carboxylic acids is 2. The normalized spacial score (nSPS) is 20.7. The fourth-order valence-electron chi connectivity index (χ4n) is 4.83. The molecular weight excluding hydrogens is 469 g/mol. The van der Waals surface area contributed by atoms with Crippen LogP contribution in [0.25, 0.3) is 0 Å². The number of halogens is 1. The number of allylic oxidation sites excluding steroid dienone is 2. The lowest BCUT2D eigenvalue weighted by Gasteiger charge is -2.38. The molecule has 1 heterocycles. The first kappa shape index (κ1) is 26.0. The van der Waals surface area contributed by atoms with E-state index in [-0.39, 0.29) is 23.9 Å². The number of carboxylic acids is 2. The Labute approximate surface area is 216 Å². The van der Waals surface area contributed by atoms with Crippen LogP contribution in [-0.4, -0.2) is 33.6 Å². The van der Waals surface area contributed by atoms with Gasteiger partial charge in [-0.15, -0.1) is 0 Å². The van der Waals surface area contributed by atoms with E-state index in [9.17, 15) is 14.0 Å². The predicted molar refractivity (Wildman–Crippen MR) is 140 cm³/mol. The highest BCUT2D eigenvalue weighted by Gasteiger charge is 2.34. The third kappa shape index (κ3) is 6.22. The van der Waals surface area contributed by atoms with E-state index in [4.69, 9.17) is 10.2 Å². The summed E-state index contributed by atoms with van der Waals surface area (Å²) < 4.78 is 13.4. The lowest BCUT2D eigenvalue weighted by Crippen LogP contribution is -2.35. The Morgan fingerprint density at radius 1 is 0.973 bits per heavy atom. The summed E-state index contributed by atoms with van der Waals surface area (Å²) in [6, 6.07) is 26.3. The summed E-state index contributed by atoms with van der Waals surface area (Å²) in [6.07, 6.45) is 5.49. The van der Waals surface area contributed by atoms with Crippen LogP contribution in [0.2, 0.25) is 0 Å². The van der Waals surface area contributed by atoms with Gasteiger partial charge in [0, 0.05) is 18.7 Å². The number of nitrogens with zero attached hydrogens (tertiary/aromatic N) is 1. The number of carboxylic acid groups (broad SMARTS) is 2. The van der Waals surface area contributed by atoms with Gasteiger partial charge in [0.05, 0.1) is 11.5 Å². The Kier molecular flexibility index (Phi) is 7.99. The summed E-state index contributed by atoms with van der Waals surface area (Å²) in [5.74, 6) is -2.25. The van der Waals surface area contributed by atoms with Crippen molar-refractivity contribution in [3.63, 3.8) is 0 Å². The van der Waals surface area contributed by atoms with Gasteiger partial charge in [-0.2, -0.15) is 0 Å². The highest BCUT2D eigenvalue weighted by Crippen LogP contribution is 2.36. The zero-order valence-electron chi connectivity index (χ0n) is 20.7. The number of hydrogen-bond donors (Lipinski definition) is 2. The van der Waals surface area contributed by atoms with E-state index in [0.717, 1.165) is 25.1 Å². The molecule has 2 atom stereocenters. The number of carbonyl (C=O) groups is 2. The molecule has 0 saturated carbocycles. The van der Waals surface area contributed by atoms with Crippen molar-refractivity contribution >= 4 is 11.9 Å². The van der Waals surface area contributed by atoms with Crippen LogP contribution in [-0.2, 0) is 22.6 Å². The van der Waals surface area contributed by atoms with Gasteiger partial charge in [0.2, 0.25) is 0 Å². The molecule has 190 valence electrons. The Morgan fingerprint density at radius 3 is 2.32 bits per heavy atom. The van der Waals surface area contributed by atoms with Gasteiger partial charge in [-0.05, 0) is 54.2 Å². The number of hydrogen-bond acceptors (Lipinski definition) is 3. The Hall–Kier alpha value is -4.03. The third-order valence-electron chi connectivity index (χ3n) is 6.88. The van der Waals surface area contributed by atoms with Crippen LogP contribution < -0.4 is 0 Å². The first-order valence-corrected chi connectivity index (χ1v) is 12.2. The van der Waals surface area contributed by atoms with Gasteiger partial charge in [-0.25, -0.2) is 9.18 Å². The molecule has 2 aliphatic rings. The van der Waals surface area contributed by atoms with Gasteiger partial charge >= 0.3 is 11.9 Å². The van der Waals surface area contributed by atoms with E-state index in [1.165, 1.54) is 41.8 Å². The summed E-state index contributed by atoms with van der Waals surface area (Å²) in [5.41, 5.74) is 4.25. The summed E-state index contributed by atoms with van der Waals surface area (Å²) in [5, 5.41) is 17.5. The van der Waals surface area contributed by atoms with E-state index in [0.29, 0.717) is 0 Å². The number of fused-ring (bicyclic) bond motifs is 1. The Bertz CT molecular complexity index is 1320. The smallest absolute Gasteiger partial charge is 0.331 e. The van der Waals surface area contributed by atoms with Gasteiger partial charge in [-0.1, -0.05) is 85.0 Å². The van der Waals surface area contributed by atoms with Crippen LogP contribution in [0.1, 0.15) is 41.6 Å². The first-order valence-electron chi connectivity index (χ1n) is 12.2. The van der Waals surface area contributed by atoms with Crippen molar-refractivity contribution in [3.05, 3.63) is 131 Å². The minimum Gasteiger partial charge on any atom is -0.481 e. The average molecular weight is 500 g/mol. The van der Waals surface area contributed by atoms with Crippen molar-refractivity contribution < 1.29 is 24.2 Å². The molecule has 5 rings (SSSR count). The second-order valence-electron chi connectivity index (χ2n) is 9.61. The minimum atomic E-state index is -1.08. The lowest BCUT2D eigenvalue weighted by atomic mass is 9.80. The van der Waals surface area contributed by atoms with Gasteiger partial charge in [-0.3, -0.25) is 9.69 Å². The minimum absolute atomic E-state index is 0.0359. The van der Waals surface area contributed by atoms with Crippen molar-refractivity contribution in [2.45, 2.75) is 32.4 Å². The van der Waals surface area contributed by atoms with Crippen molar-refractivity contribution in [2.24, 2.45) is 5.41 Å². The molecule has 3 aromatic rings. The molecule has 0 bridgehead atoms. The number of rotatable bonds is 5. The molecule has 0 radical (unpaired) electrons. The monoisotopic (exact) mass is 499 g/mol. The van der Waals surface area contributed by atoms with E-state index >= 15 is 0 Å². The van der Waals surface area contributed by atoms with Crippen LogP contribution in [0.15, 0.2) is 103 Å². The van der Waals surface area contributed by atoms with E-state index < -0.39 is 17.4 Å². The SMILES string of the molecule is CC1(C(=O)O)C=CC=C(C(=O)O)C1.Fc1ccc(C2c3ccccc3CCN2Cc2ccccc2)cc1. The molecule has 0 amide bonds. The Morgan fingerprint density at radius 2 is 1.65 bits per heavy atom. The molecule has 6 heteroatoms. The van der Waals surface area contributed by atoms with Gasteiger partial charge < -0.3 is 10.2 Å². The molecule has 0 aromatic heterocycles. The Balaban J connectivity index is 0.000000209. The van der Waals surface area contributed by atoms with Crippen molar-refractivity contribution in [2.75, 3.05) is 6.54 Å². The summed E-state index contributed by atoms with van der Waals surface area (Å²) in [7, 11) is 0. The molecule has 0 fully saturated rings. The molecule has 3 aromatic carbocycles. The van der Waals surface area contributed by atoms with Crippen molar-refractivity contribution in [1.29, 1.82) is 0 Å². The maximum absolute atomic E-state index is 13.4. The van der Waals surface area contributed by atoms with Crippen molar-refractivity contribution in [1.82, 2.24) is 4.90 Å². The average Bonchev–Trinajstić information content (AvgIpc) is 2.90. The van der Waals surface area contributed by atoms with E-state index in [1.807, 2.05) is 18.2 Å². The molecule has 5 nitrogen and oxygen atoms in total. The topological polar surface area (TPSA) is 77.8 Å². The maximum atomic E-state index is 13.4. The molecule has 1 aliphatic heterocycles. The van der Waals surface area contributed by atoms with Crippen molar-refractivity contribution in [3.8, 4) is 0 Å². The maximum Gasteiger partial charge on any atom is 0.331 e. The van der Waals surface area contributed by atoms with Crippen LogP contribution >= 0.6 is 0 Å². The fourth-order valence-corrected chi connectivity index (χ4v) is 4.83. The van der Waals surface area contributed by atoms with Gasteiger partial charge in [0.1, 0.15) is 5.82 Å². The second kappa shape index (κ2) is 11.4. The molecule has 2 unspecified atom stereocenters. The van der Waals surface area contributed by atoms with Gasteiger partial charge in [0.25, 0.3) is 0 Å². The van der Waals surface area contributed by atoms with Gasteiger partial charge in [0.15, 0.2) is 0 Å². The summed E-state index contributed by atoms with van der Waals surface area (Å²) in [6.45, 7) is 3.41. The summed E-state index contributed by atoms with van der Waals surface area (Å²) >= 11 is 0. The molecule has 1 aliphatic carbocycles. The van der Waals surface area contributed by atoms with Crippen LogP contribution in [0, 0.1) is 11.2 Å². The highest BCUT2D eigenvalue weighted by atomic mass is 19.1. The highest BCUT2D eigenvalue weighted by molar-refractivity contribution is 5.90. The van der Waals surface area contributed by atoms with Crippen LogP contribution in [0.3, 0.4) is 0 Å². The molecule has 0 spiro atoms. The zero-order valence-corrected chi connectivity index (χ0v) is 20.7. The van der Waals surface area contributed by atoms with E-state index in [1.54, 1.807) is 12.1 Å². The number of benzene rings is 3. The van der Waals surface area contributed by atoms with Crippen LogP contribution in [0.4, 0.5) is 4.39 Å². The zero-order chi connectivity index (χ0) is 26.4. The van der Waals surface area contributed by atoms with Crippen LogP contribution in [0.5, 0.6) is 0 Å². The molecule has 0 saturated heterocycles. The fraction of sp³-hybridized carbons (Fsp3) is 0.226. The first-order chi connectivity index (χ1) is 17.8. The third-order valence-corrected chi connectivity index (χ3v) is 6.88. The second-order valence-corrected chi connectivity index (χ2v) is 9.61. The molecule has 37 heavy (non-hydrogen) atoms. The lowest BCUT2D eigenvalue weighted by molar-refractivity contribution is -0.145. The van der Waals surface area contributed by atoms with E-state index in [2.05, 4.69) is 53.4 Å². The molecule has 2 N–H and O–H groups in total. The quantitative estimate of drug-likeness (QED) is 0.449. The standard InChI is InChI=1S/C22H20FN.C9H10O4/c23-20-12-10-19(11-13-20)22-21-9-5-4-8-18(21)14-15-24(22)16-17-6-2-1-3-7-17;1-9(8(12)13)4-2-3-6(5-9)7(10)11/h1-13,22H,14-16H2;2-4H,5H2,1H3,(H,10,11)(H,12,13).